The fourth-order valence-electron chi connectivity index (χ4n) is 4.52. The van der Waals surface area contributed by atoms with Crippen LogP contribution in [0.3, 0.4) is 0 Å². The minimum absolute atomic E-state index is 0.134. The molecule has 5 rings (SSSR count). The van der Waals surface area contributed by atoms with Crippen LogP contribution in [0.15, 0.2) is 53.5 Å². The molecule has 2 aromatic carbocycles. The second-order valence-corrected chi connectivity index (χ2v) is 11.9. The van der Waals surface area contributed by atoms with Crippen LogP contribution in [-0.4, -0.2) is 46.2 Å². The summed E-state index contributed by atoms with van der Waals surface area (Å²) in [5, 5.41) is 5.10. The number of nitrogens with zero attached hydrogens (tertiary/aromatic N) is 4. The molecule has 0 saturated carbocycles. The molecule has 186 valence electrons. The molecule has 1 aliphatic rings. The molecule has 0 atom stereocenters. The molecule has 0 aliphatic carbocycles. The number of aryl methyl sites for hydroxylation is 1. The van der Waals surface area contributed by atoms with Gasteiger partial charge >= 0.3 is 0 Å². The van der Waals surface area contributed by atoms with Gasteiger partial charge in [-0.3, -0.25) is 14.2 Å². The molecule has 0 N–H and O–H groups in total. The van der Waals surface area contributed by atoms with Gasteiger partial charge in [0.2, 0.25) is 0 Å². The first kappa shape index (κ1) is 24.5. The number of halogens is 2. The van der Waals surface area contributed by atoms with Crippen molar-refractivity contribution in [2.45, 2.75) is 25.6 Å². The lowest BCUT2D eigenvalue weighted by Gasteiger charge is -2.29. The van der Waals surface area contributed by atoms with Crippen molar-refractivity contribution in [3.63, 3.8) is 0 Å². The summed E-state index contributed by atoms with van der Waals surface area (Å²) in [6.07, 6.45) is 2.94. The Morgan fingerprint density at radius 2 is 1.81 bits per heavy atom. The smallest absolute Gasteiger partial charge is 0.261 e. The highest BCUT2D eigenvalue weighted by molar-refractivity contribution is 7.89. The van der Waals surface area contributed by atoms with E-state index < -0.39 is 9.84 Å². The summed E-state index contributed by atoms with van der Waals surface area (Å²) < 4.78 is 27.4. The normalized spacial score (nSPS) is 13.7. The van der Waals surface area contributed by atoms with E-state index in [9.17, 15) is 18.0 Å². The van der Waals surface area contributed by atoms with E-state index >= 15 is 0 Å². The SMILES string of the molecule is Cc1ccc(-n2c(=O)c3c(n4ncc(CS(C)(=O)=O)c24)CN(C(=O)c2ccc(Cl)c(Cl)c2)CC3)cc1. The maximum atomic E-state index is 13.8. The number of amides is 1. The Morgan fingerprint density at radius 1 is 1.08 bits per heavy atom. The van der Waals surface area contributed by atoms with Gasteiger partial charge in [-0.25, -0.2) is 12.9 Å². The lowest BCUT2D eigenvalue weighted by molar-refractivity contribution is 0.0729. The summed E-state index contributed by atoms with van der Waals surface area (Å²) in [5.41, 5.74) is 3.65. The Balaban J connectivity index is 1.67. The van der Waals surface area contributed by atoms with Gasteiger partial charge in [-0.1, -0.05) is 40.9 Å². The van der Waals surface area contributed by atoms with Crippen LogP contribution >= 0.6 is 23.2 Å². The number of hydrogen-bond acceptors (Lipinski definition) is 5. The van der Waals surface area contributed by atoms with E-state index in [0.29, 0.717) is 51.7 Å². The summed E-state index contributed by atoms with van der Waals surface area (Å²) >= 11 is 12.1. The van der Waals surface area contributed by atoms with E-state index in [1.165, 1.54) is 16.8 Å². The zero-order chi connectivity index (χ0) is 25.8. The number of hydrogen-bond donors (Lipinski definition) is 0. The highest BCUT2D eigenvalue weighted by atomic mass is 35.5. The summed E-state index contributed by atoms with van der Waals surface area (Å²) in [7, 11) is -3.40. The predicted octanol–water partition coefficient (Wildman–Crippen LogP) is 3.84. The molecule has 0 spiro atoms. The maximum Gasteiger partial charge on any atom is 0.261 e. The zero-order valence-electron chi connectivity index (χ0n) is 19.5. The van der Waals surface area contributed by atoms with Crippen LogP contribution in [0.5, 0.6) is 0 Å². The van der Waals surface area contributed by atoms with Gasteiger partial charge in [0, 0.05) is 29.5 Å². The van der Waals surface area contributed by atoms with Crippen molar-refractivity contribution in [2.75, 3.05) is 12.8 Å². The number of carbonyl (C=O) groups is 1. The second-order valence-electron chi connectivity index (χ2n) is 8.98. The molecular weight excluding hydrogens is 523 g/mol. The Kier molecular flexibility index (Phi) is 6.18. The molecule has 36 heavy (non-hydrogen) atoms. The molecular formula is C25H22Cl2N4O4S. The van der Waals surface area contributed by atoms with Crippen LogP contribution in [0, 0.1) is 6.92 Å². The monoisotopic (exact) mass is 544 g/mol. The third-order valence-electron chi connectivity index (χ3n) is 6.23. The third-order valence-corrected chi connectivity index (χ3v) is 7.80. The highest BCUT2D eigenvalue weighted by Gasteiger charge is 2.29. The van der Waals surface area contributed by atoms with Crippen LogP contribution in [0.25, 0.3) is 11.3 Å². The van der Waals surface area contributed by atoms with E-state index in [1.807, 2.05) is 31.2 Å². The van der Waals surface area contributed by atoms with Gasteiger partial charge in [-0.15, -0.1) is 0 Å². The van der Waals surface area contributed by atoms with Crippen molar-refractivity contribution in [3.8, 4) is 5.69 Å². The first-order chi connectivity index (χ1) is 17.0. The Labute approximate surface area is 217 Å². The molecule has 2 aromatic heterocycles. The van der Waals surface area contributed by atoms with E-state index in [2.05, 4.69) is 5.10 Å². The van der Waals surface area contributed by atoms with Crippen molar-refractivity contribution in [1.29, 1.82) is 0 Å². The molecule has 1 aliphatic heterocycles. The quantitative estimate of drug-likeness (QED) is 0.389. The van der Waals surface area contributed by atoms with Crippen LogP contribution in [-0.2, 0) is 28.6 Å². The molecule has 3 heterocycles. The molecule has 0 bridgehead atoms. The molecule has 0 saturated heterocycles. The number of fused-ring (bicyclic) bond motifs is 3. The number of benzene rings is 2. The summed E-state index contributed by atoms with van der Waals surface area (Å²) in [6.45, 7) is 2.41. The molecule has 0 fully saturated rings. The average Bonchev–Trinajstić information content (AvgIpc) is 3.23. The van der Waals surface area contributed by atoms with Crippen LogP contribution in [0.1, 0.15) is 32.7 Å². The van der Waals surface area contributed by atoms with Gasteiger partial charge < -0.3 is 4.90 Å². The molecule has 0 radical (unpaired) electrons. The molecule has 8 nitrogen and oxygen atoms in total. The minimum atomic E-state index is -3.40. The fraction of sp³-hybridized carbons (Fsp3) is 0.240. The zero-order valence-corrected chi connectivity index (χ0v) is 21.9. The Bertz CT molecular complexity index is 1690. The van der Waals surface area contributed by atoms with Gasteiger partial charge in [0.15, 0.2) is 9.84 Å². The Morgan fingerprint density at radius 3 is 2.47 bits per heavy atom. The van der Waals surface area contributed by atoms with Gasteiger partial charge in [-0.2, -0.15) is 5.10 Å². The van der Waals surface area contributed by atoms with Gasteiger partial charge in [-0.05, 0) is 43.7 Å². The van der Waals surface area contributed by atoms with Crippen LogP contribution < -0.4 is 5.56 Å². The topological polar surface area (TPSA) is 93.8 Å². The molecule has 11 heteroatoms. The van der Waals surface area contributed by atoms with E-state index in [1.54, 1.807) is 21.5 Å². The van der Waals surface area contributed by atoms with Crippen molar-refractivity contribution in [1.82, 2.24) is 19.1 Å². The highest BCUT2D eigenvalue weighted by Crippen LogP contribution is 2.27. The third kappa shape index (κ3) is 4.42. The second kappa shape index (κ2) is 9.06. The average molecular weight is 545 g/mol. The van der Waals surface area contributed by atoms with Gasteiger partial charge in [0.05, 0.1) is 39.9 Å². The van der Waals surface area contributed by atoms with E-state index in [4.69, 9.17) is 23.2 Å². The fourth-order valence-corrected chi connectivity index (χ4v) is 5.58. The summed E-state index contributed by atoms with van der Waals surface area (Å²) in [6, 6.07) is 12.1. The number of rotatable bonds is 4. The van der Waals surface area contributed by atoms with Crippen LogP contribution in [0.4, 0.5) is 0 Å². The van der Waals surface area contributed by atoms with Crippen molar-refractivity contribution < 1.29 is 13.2 Å². The Hall–Kier alpha value is -3.14. The largest absolute Gasteiger partial charge is 0.332 e. The van der Waals surface area contributed by atoms with Gasteiger partial charge in [0.25, 0.3) is 11.5 Å². The molecule has 0 unspecified atom stereocenters. The van der Waals surface area contributed by atoms with E-state index in [-0.39, 0.29) is 28.8 Å². The first-order valence-electron chi connectivity index (χ1n) is 11.2. The van der Waals surface area contributed by atoms with Crippen molar-refractivity contribution in [3.05, 3.63) is 97.0 Å². The lowest BCUT2D eigenvalue weighted by atomic mass is 10.0. The standard InChI is InChI=1S/C25H22Cl2N4O4S/c1-15-3-6-18(7-4-15)30-23-17(14-36(2,34)35)12-28-31(23)22-13-29(10-9-19(22)25(30)33)24(32)16-5-8-20(26)21(27)11-16/h3-8,11-12H,9-10,13-14H2,1-2H3. The van der Waals surface area contributed by atoms with Crippen molar-refractivity contribution >= 4 is 44.6 Å². The number of aromatic nitrogens is 3. The van der Waals surface area contributed by atoms with E-state index in [0.717, 1.165) is 11.8 Å². The van der Waals surface area contributed by atoms with Gasteiger partial charge in [0.1, 0.15) is 5.65 Å². The molecule has 1 amide bonds. The summed E-state index contributed by atoms with van der Waals surface area (Å²) in [4.78, 5) is 28.7. The molecule has 4 aromatic rings. The van der Waals surface area contributed by atoms with Crippen molar-refractivity contribution in [2.24, 2.45) is 0 Å². The summed E-state index contributed by atoms with van der Waals surface area (Å²) in [5.74, 6) is -0.523. The minimum Gasteiger partial charge on any atom is -0.332 e. The number of sulfone groups is 1. The first-order valence-corrected chi connectivity index (χ1v) is 14.0. The lowest BCUT2D eigenvalue weighted by Crippen LogP contribution is -2.41. The predicted molar refractivity (Wildman–Crippen MR) is 139 cm³/mol. The van der Waals surface area contributed by atoms with Crippen LogP contribution in [0.2, 0.25) is 10.0 Å². The number of carbonyl (C=O) groups excluding carboxylic acids is 1. The maximum absolute atomic E-state index is 13.8.